The van der Waals surface area contributed by atoms with E-state index in [0.717, 1.165) is 24.5 Å². The summed E-state index contributed by atoms with van der Waals surface area (Å²) < 4.78 is 5.47. The minimum atomic E-state index is 0.215. The molecule has 2 heterocycles. The molecule has 0 unspecified atom stereocenters. The molecule has 0 aliphatic carbocycles. The third-order valence-electron chi connectivity index (χ3n) is 2.98. The van der Waals surface area contributed by atoms with Gasteiger partial charge in [-0.3, -0.25) is 0 Å². The zero-order chi connectivity index (χ0) is 13.8. The number of hydrogen-bond acceptors (Lipinski definition) is 6. The molecule has 0 saturated carbocycles. The number of nitrogens with zero attached hydrogens (tertiary/aromatic N) is 3. The van der Waals surface area contributed by atoms with Gasteiger partial charge in [-0.05, 0) is 23.8 Å². The van der Waals surface area contributed by atoms with E-state index in [1.54, 1.807) is 6.07 Å². The van der Waals surface area contributed by atoms with Gasteiger partial charge < -0.3 is 15.4 Å². The number of ether oxygens (including phenoxy) is 1. The van der Waals surface area contributed by atoms with Crippen molar-refractivity contribution in [3.05, 3.63) is 36.2 Å². The number of rotatable bonds is 4. The zero-order valence-corrected chi connectivity index (χ0v) is 10.8. The van der Waals surface area contributed by atoms with E-state index in [1.165, 1.54) is 11.9 Å². The summed E-state index contributed by atoms with van der Waals surface area (Å²) in [6.45, 7) is 0.959. The Labute approximate surface area is 116 Å². The predicted molar refractivity (Wildman–Crippen MR) is 75.1 cm³/mol. The molecular weight excluding hydrogens is 254 g/mol. The summed E-state index contributed by atoms with van der Waals surface area (Å²) >= 11 is 0. The van der Waals surface area contributed by atoms with Gasteiger partial charge in [-0.25, -0.2) is 9.97 Å². The van der Waals surface area contributed by atoms with Crippen LogP contribution in [0.2, 0.25) is 0 Å². The maximum atomic E-state index is 8.54. The molecule has 100 valence electrons. The van der Waals surface area contributed by atoms with E-state index in [9.17, 15) is 0 Å². The summed E-state index contributed by atoms with van der Waals surface area (Å²) in [4.78, 5) is 8.20. The average molecular weight is 267 g/mol. The van der Waals surface area contributed by atoms with Crippen LogP contribution in [-0.2, 0) is 6.42 Å². The van der Waals surface area contributed by atoms with Gasteiger partial charge in [0.05, 0.1) is 12.7 Å². The number of nitrogens with one attached hydrogen (secondary N) is 2. The SMILES string of the molecule is N#CCNc1cc(Nc2ccc3c(c2)CCO3)ncn1. The minimum Gasteiger partial charge on any atom is -0.493 e. The normalized spacial score (nSPS) is 12.2. The van der Waals surface area contributed by atoms with Gasteiger partial charge in [-0.2, -0.15) is 5.26 Å². The van der Waals surface area contributed by atoms with Crippen LogP contribution in [0.15, 0.2) is 30.6 Å². The molecule has 1 aliphatic rings. The third-order valence-corrected chi connectivity index (χ3v) is 2.98. The zero-order valence-electron chi connectivity index (χ0n) is 10.8. The Bertz CT molecular complexity index is 665. The van der Waals surface area contributed by atoms with E-state index < -0.39 is 0 Å². The van der Waals surface area contributed by atoms with Gasteiger partial charge in [0, 0.05) is 18.2 Å². The van der Waals surface area contributed by atoms with E-state index in [0.29, 0.717) is 11.6 Å². The fourth-order valence-corrected chi connectivity index (χ4v) is 2.06. The fourth-order valence-electron chi connectivity index (χ4n) is 2.06. The second-order valence-electron chi connectivity index (χ2n) is 4.35. The van der Waals surface area contributed by atoms with Crippen LogP contribution in [0, 0.1) is 11.3 Å². The predicted octanol–water partition coefficient (Wildman–Crippen LogP) is 2.09. The molecule has 0 bridgehead atoms. The molecule has 20 heavy (non-hydrogen) atoms. The first kappa shape index (κ1) is 12.2. The monoisotopic (exact) mass is 267 g/mol. The minimum absolute atomic E-state index is 0.215. The Morgan fingerprint density at radius 1 is 1.25 bits per heavy atom. The van der Waals surface area contributed by atoms with E-state index >= 15 is 0 Å². The number of anilines is 3. The highest BCUT2D eigenvalue weighted by Gasteiger charge is 2.12. The number of nitriles is 1. The van der Waals surface area contributed by atoms with Gasteiger partial charge >= 0.3 is 0 Å². The average Bonchev–Trinajstić information content (AvgIpc) is 2.93. The molecule has 0 spiro atoms. The van der Waals surface area contributed by atoms with Crippen LogP contribution >= 0.6 is 0 Å². The molecule has 0 amide bonds. The summed E-state index contributed by atoms with van der Waals surface area (Å²) in [6.07, 6.45) is 2.39. The lowest BCUT2D eigenvalue weighted by molar-refractivity contribution is 0.357. The van der Waals surface area contributed by atoms with E-state index in [-0.39, 0.29) is 6.54 Å². The lowest BCUT2D eigenvalue weighted by Crippen LogP contribution is -2.02. The molecule has 3 rings (SSSR count). The van der Waals surface area contributed by atoms with Crippen molar-refractivity contribution >= 4 is 17.3 Å². The van der Waals surface area contributed by atoms with Crippen molar-refractivity contribution < 1.29 is 4.74 Å². The fraction of sp³-hybridized carbons (Fsp3) is 0.214. The first-order valence-electron chi connectivity index (χ1n) is 6.31. The summed E-state index contributed by atoms with van der Waals surface area (Å²) in [7, 11) is 0. The first-order chi connectivity index (χ1) is 9.85. The van der Waals surface area contributed by atoms with Crippen LogP contribution in [-0.4, -0.2) is 23.1 Å². The Morgan fingerprint density at radius 2 is 2.15 bits per heavy atom. The molecule has 6 heteroatoms. The highest BCUT2D eigenvalue weighted by atomic mass is 16.5. The molecule has 2 N–H and O–H groups in total. The summed E-state index contributed by atoms with van der Waals surface area (Å²) in [5.41, 5.74) is 2.16. The topological polar surface area (TPSA) is 82.9 Å². The molecule has 1 aliphatic heterocycles. The standard InChI is InChI=1S/C14H13N5O/c15-4-5-16-13-8-14(18-9-17-13)19-11-1-2-12-10(7-11)3-6-20-12/h1-2,7-9H,3,5-6H2,(H2,16,17,18,19). The molecule has 2 aromatic rings. The second kappa shape index (κ2) is 5.45. The molecular formula is C14H13N5O. The smallest absolute Gasteiger partial charge is 0.135 e. The molecule has 0 saturated heterocycles. The molecule has 0 radical (unpaired) electrons. The van der Waals surface area contributed by atoms with E-state index in [2.05, 4.69) is 26.7 Å². The lowest BCUT2D eigenvalue weighted by Gasteiger charge is -2.08. The van der Waals surface area contributed by atoms with E-state index in [1.807, 2.05) is 18.2 Å². The quantitative estimate of drug-likeness (QED) is 0.825. The number of hydrogen-bond donors (Lipinski definition) is 2. The Hall–Kier alpha value is -2.81. The molecule has 6 nitrogen and oxygen atoms in total. The van der Waals surface area contributed by atoms with Gasteiger partial charge in [0.1, 0.15) is 30.3 Å². The van der Waals surface area contributed by atoms with Crippen molar-refractivity contribution in [2.45, 2.75) is 6.42 Å². The summed E-state index contributed by atoms with van der Waals surface area (Å²) in [5.74, 6) is 2.25. The maximum Gasteiger partial charge on any atom is 0.135 e. The Balaban J connectivity index is 1.76. The van der Waals surface area contributed by atoms with Gasteiger partial charge in [-0.1, -0.05) is 0 Å². The van der Waals surface area contributed by atoms with Crippen molar-refractivity contribution in [1.82, 2.24) is 9.97 Å². The second-order valence-corrected chi connectivity index (χ2v) is 4.35. The van der Waals surface area contributed by atoms with Crippen LogP contribution in [0.4, 0.5) is 17.3 Å². The molecule has 1 aromatic heterocycles. The van der Waals surface area contributed by atoms with Gasteiger partial charge in [-0.15, -0.1) is 0 Å². The highest BCUT2D eigenvalue weighted by Crippen LogP contribution is 2.29. The largest absolute Gasteiger partial charge is 0.493 e. The van der Waals surface area contributed by atoms with Crippen molar-refractivity contribution in [2.75, 3.05) is 23.8 Å². The van der Waals surface area contributed by atoms with Crippen molar-refractivity contribution in [3.8, 4) is 11.8 Å². The van der Waals surface area contributed by atoms with Crippen LogP contribution in [0.1, 0.15) is 5.56 Å². The Kier molecular flexibility index (Phi) is 3.33. The summed E-state index contributed by atoms with van der Waals surface area (Å²) in [5, 5.41) is 14.6. The van der Waals surface area contributed by atoms with E-state index in [4.69, 9.17) is 10.00 Å². The molecule has 0 fully saturated rings. The number of fused-ring (bicyclic) bond motifs is 1. The van der Waals surface area contributed by atoms with Crippen LogP contribution in [0.25, 0.3) is 0 Å². The van der Waals surface area contributed by atoms with Crippen molar-refractivity contribution in [3.63, 3.8) is 0 Å². The first-order valence-corrected chi connectivity index (χ1v) is 6.31. The number of benzene rings is 1. The number of aromatic nitrogens is 2. The van der Waals surface area contributed by atoms with Crippen LogP contribution in [0.3, 0.4) is 0 Å². The third kappa shape index (κ3) is 2.62. The van der Waals surface area contributed by atoms with Crippen molar-refractivity contribution in [1.29, 1.82) is 5.26 Å². The van der Waals surface area contributed by atoms with Gasteiger partial charge in [0.2, 0.25) is 0 Å². The Morgan fingerprint density at radius 3 is 3.05 bits per heavy atom. The maximum absolute atomic E-state index is 8.54. The molecule has 1 aromatic carbocycles. The van der Waals surface area contributed by atoms with Crippen LogP contribution in [0.5, 0.6) is 5.75 Å². The summed E-state index contributed by atoms with van der Waals surface area (Å²) in [6, 6.07) is 9.75. The van der Waals surface area contributed by atoms with Gasteiger partial charge in [0.25, 0.3) is 0 Å². The van der Waals surface area contributed by atoms with Crippen LogP contribution < -0.4 is 15.4 Å². The molecule has 0 atom stereocenters. The van der Waals surface area contributed by atoms with Crippen molar-refractivity contribution in [2.24, 2.45) is 0 Å². The lowest BCUT2D eigenvalue weighted by atomic mass is 10.1. The van der Waals surface area contributed by atoms with Gasteiger partial charge in [0.15, 0.2) is 0 Å². The highest BCUT2D eigenvalue weighted by molar-refractivity contribution is 5.61.